The molecule has 0 bridgehead atoms. The minimum Gasteiger partial charge on any atom is -0.500 e. The SMILES string of the molecule is CCO/C=C(/C#N)c1n[nH]c(C)n1. The normalized spacial score (nSPS) is 11.0. The number of rotatable bonds is 3. The number of ether oxygens (including phenoxy) is 1. The van der Waals surface area contributed by atoms with Gasteiger partial charge in [0.25, 0.3) is 0 Å². The Morgan fingerprint density at radius 1 is 1.77 bits per heavy atom. The highest BCUT2D eigenvalue weighted by Crippen LogP contribution is 2.07. The predicted molar refractivity (Wildman–Crippen MR) is 46.3 cm³/mol. The molecular formula is C8H10N4O. The van der Waals surface area contributed by atoms with E-state index < -0.39 is 0 Å². The molecule has 0 aliphatic carbocycles. The van der Waals surface area contributed by atoms with Crippen molar-refractivity contribution in [1.29, 1.82) is 5.26 Å². The minimum atomic E-state index is 0.325. The Morgan fingerprint density at radius 2 is 2.54 bits per heavy atom. The summed E-state index contributed by atoms with van der Waals surface area (Å²) in [7, 11) is 0. The Morgan fingerprint density at radius 3 is 3.00 bits per heavy atom. The fraction of sp³-hybridized carbons (Fsp3) is 0.375. The Hall–Kier alpha value is -1.83. The fourth-order valence-corrected chi connectivity index (χ4v) is 0.759. The van der Waals surface area contributed by atoms with E-state index in [4.69, 9.17) is 10.00 Å². The van der Waals surface area contributed by atoms with E-state index in [2.05, 4.69) is 15.2 Å². The van der Waals surface area contributed by atoms with Gasteiger partial charge in [-0.05, 0) is 13.8 Å². The number of nitrogens with zero attached hydrogens (tertiary/aromatic N) is 3. The molecule has 1 N–H and O–H groups in total. The number of hydrogen-bond acceptors (Lipinski definition) is 4. The van der Waals surface area contributed by atoms with E-state index in [9.17, 15) is 0 Å². The first kappa shape index (κ1) is 9.26. The molecule has 0 unspecified atom stereocenters. The van der Waals surface area contributed by atoms with Gasteiger partial charge in [0.15, 0.2) is 5.82 Å². The Bertz CT molecular complexity index is 347. The van der Waals surface area contributed by atoms with Crippen LogP contribution in [0, 0.1) is 18.3 Å². The minimum absolute atomic E-state index is 0.325. The van der Waals surface area contributed by atoms with Gasteiger partial charge < -0.3 is 4.74 Å². The number of aryl methyl sites for hydroxylation is 1. The second-order valence-corrected chi connectivity index (χ2v) is 2.34. The number of H-pyrrole nitrogens is 1. The van der Waals surface area contributed by atoms with Crippen LogP contribution in [-0.2, 0) is 4.74 Å². The third-order valence-electron chi connectivity index (χ3n) is 1.33. The second-order valence-electron chi connectivity index (χ2n) is 2.34. The number of aromatic amines is 1. The van der Waals surface area contributed by atoms with Crippen LogP contribution in [0.4, 0.5) is 0 Å². The monoisotopic (exact) mass is 178 g/mol. The van der Waals surface area contributed by atoms with Crippen molar-refractivity contribution in [1.82, 2.24) is 15.2 Å². The number of hydrogen-bond donors (Lipinski definition) is 1. The van der Waals surface area contributed by atoms with Crippen LogP contribution in [0.3, 0.4) is 0 Å². The van der Waals surface area contributed by atoms with Crippen LogP contribution >= 0.6 is 0 Å². The van der Waals surface area contributed by atoms with Gasteiger partial charge >= 0.3 is 0 Å². The van der Waals surface area contributed by atoms with Gasteiger partial charge in [0.05, 0.1) is 6.61 Å². The molecule has 0 atom stereocenters. The van der Waals surface area contributed by atoms with E-state index in [1.807, 2.05) is 13.0 Å². The van der Waals surface area contributed by atoms with E-state index in [0.717, 1.165) is 0 Å². The van der Waals surface area contributed by atoms with E-state index in [1.54, 1.807) is 6.92 Å². The zero-order chi connectivity index (χ0) is 9.68. The van der Waals surface area contributed by atoms with E-state index in [1.165, 1.54) is 6.26 Å². The summed E-state index contributed by atoms with van der Waals surface area (Å²) in [5.41, 5.74) is 0.325. The van der Waals surface area contributed by atoms with Crippen molar-refractivity contribution in [2.45, 2.75) is 13.8 Å². The molecule has 13 heavy (non-hydrogen) atoms. The molecule has 1 aromatic heterocycles. The van der Waals surface area contributed by atoms with Crippen molar-refractivity contribution in [3.05, 3.63) is 17.9 Å². The summed E-state index contributed by atoms with van der Waals surface area (Å²) in [6, 6.07) is 1.96. The van der Waals surface area contributed by atoms with E-state index >= 15 is 0 Å². The van der Waals surface area contributed by atoms with Gasteiger partial charge in [-0.15, -0.1) is 0 Å². The summed E-state index contributed by atoms with van der Waals surface area (Å²) in [4.78, 5) is 4.00. The van der Waals surface area contributed by atoms with Gasteiger partial charge in [-0.2, -0.15) is 10.4 Å². The molecule has 1 aromatic rings. The first-order chi connectivity index (χ1) is 6.27. The molecule has 0 aliphatic rings. The van der Waals surface area contributed by atoms with Gasteiger partial charge in [-0.25, -0.2) is 4.98 Å². The molecule has 0 saturated carbocycles. The summed E-state index contributed by atoms with van der Waals surface area (Å²) < 4.78 is 4.97. The molecule has 0 aliphatic heterocycles. The second kappa shape index (κ2) is 4.26. The zero-order valence-electron chi connectivity index (χ0n) is 7.53. The number of allylic oxidation sites excluding steroid dienone is 1. The maximum absolute atomic E-state index is 8.72. The molecule has 0 saturated heterocycles. The lowest BCUT2D eigenvalue weighted by molar-refractivity contribution is 0.271. The van der Waals surface area contributed by atoms with Crippen molar-refractivity contribution in [2.24, 2.45) is 0 Å². The molecule has 1 rings (SSSR count). The summed E-state index contributed by atoms with van der Waals surface area (Å²) in [5.74, 6) is 1.04. The highest BCUT2D eigenvalue weighted by atomic mass is 16.5. The standard InChI is InChI=1S/C8H10N4O/c1-3-13-5-7(4-9)8-10-6(2)11-12-8/h5H,3H2,1-2H3,(H,10,11,12)/b7-5-. The third kappa shape index (κ3) is 2.30. The Labute approximate surface area is 76.1 Å². The quantitative estimate of drug-likeness (QED) is 0.553. The molecular weight excluding hydrogens is 168 g/mol. The van der Waals surface area contributed by atoms with Crippen molar-refractivity contribution in [3.8, 4) is 6.07 Å². The van der Waals surface area contributed by atoms with Gasteiger partial charge in [0.1, 0.15) is 23.7 Å². The predicted octanol–water partition coefficient (Wildman–Crippen LogP) is 1.01. The van der Waals surface area contributed by atoms with Crippen LogP contribution < -0.4 is 0 Å². The molecule has 68 valence electrons. The van der Waals surface area contributed by atoms with Crippen LogP contribution in [0.5, 0.6) is 0 Å². The first-order valence-corrected chi connectivity index (χ1v) is 3.89. The van der Waals surface area contributed by atoms with Crippen molar-refractivity contribution in [2.75, 3.05) is 6.61 Å². The zero-order valence-corrected chi connectivity index (χ0v) is 7.53. The molecule has 0 aromatic carbocycles. The van der Waals surface area contributed by atoms with Crippen molar-refractivity contribution < 1.29 is 4.74 Å². The third-order valence-corrected chi connectivity index (χ3v) is 1.33. The van der Waals surface area contributed by atoms with Gasteiger partial charge in [0, 0.05) is 0 Å². The lowest BCUT2D eigenvalue weighted by atomic mass is 10.3. The fourth-order valence-electron chi connectivity index (χ4n) is 0.759. The van der Waals surface area contributed by atoms with Crippen molar-refractivity contribution >= 4 is 5.57 Å². The number of aromatic nitrogens is 3. The summed E-state index contributed by atoms with van der Waals surface area (Å²) in [5, 5.41) is 15.2. The van der Waals surface area contributed by atoms with Gasteiger partial charge in [-0.1, -0.05) is 0 Å². The van der Waals surface area contributed by atoms with Crippen LogP contribution in [-0.4, -0.2) is 21.8 Å². The highest BCUT2D eigenvalue weighted by Gasteiger charge is 2.05. The topological polar surface area (TPSA) is 74.6 Å². The van der Waals surface area contributed by atoms with Crippen molar-refractivity contribution in [3.63, 3.8) is 0 Å². The molecule has 0 radical (unpaired) electrons. The maximum Gasteiger partial charge on any atom is 0.194 e. The Kier molecular flexibility index (Phi) is 3.03. The summed E-state index contributed by atoms with van der Waals surface area (Å²) in [6.07, 6.45) is 1.36. The smallest absolute Gasteiger partial charge is 0.194 e. The number of nitriles is 1. The maximum atomic E-state index is 8.72. The van der Waals surface area contributed by atoms with Crippen LogP contribution in [0.25, 0.3) is 5.57 Å². The number of nitrogens with one attached hydrogen (secondary N) is 1. The van der Waals surface area contributed by atoms with Crippen LogP contribution in [0.15, 0.2) is 6.26 Å². The molecule has 5 heteroatoms. The highest BCUT2D eigenvalue weighted by molar-refractivity contribution is 5.71. The average Bonchev–Trinajstić information content (AvgIpc) is 2.54. The lowest BCUT2D eigenvalue weighted by Crippen LogP contribution is -1.87. The average molecular weight is 178 g/mol. The Balaban J connectivity index is 2.86. The van der Waals surface area contributed by atoms with Gasteiger partial charge in [-0.3, -0.25) is 5.10 Å². The molecule has 0 spiro atoms. The summed E-state index contributed by atoms with van der Waals surface area (Å²) in [6.45, 7) is 4.13. The van der Waals surface area contributed by atoms with E-state index in [-0.39, 0.29) is 0 Å². The van der Waals surface area contributed by atoms with E-state index in [0.29, 0.717) is 23.8 Å². The van der Waals surface area contributed by atoms with Gasteiger partial charge in [0.2, 0.25) is 0 Å². The molecule has 0 amide bonds. The molecule has 1 heterocycles. The first-order valence-electron chi connectivity index (χ1n) is 3.89. The van der Waals surface area contributed by atoms with Crippen LogP contribution in [0.1, 0.15) is 18.6 Å². The lowest BCUT2D eigenvalue weighted by Gasteiger charge is -1.93. The molecule has 5 nitrogen and oxygen atoms in total. The molecule has 0 fully saturated rings. The van der Waals surface area contributed by atoms with Crippen LogP contribution in [0.2, 0.25) is 0 Å². The largest absolute Gasteiger partial charge is 0.500 e. The summed E-state index contributed by atoms with van der Waals surface area (Å²) >= 11 is 0.